The molecule has 0 aliphatic heterocycles. The monoisotopic (exact) mass is 206 g/mol. The summed E-state index contributed by atoms with van der Waals surface area (Å²) in [6.07, 6.45) is 5.31. The van der Waals surface area contributed by atoms with E-state index in [0.717, 1.165) is 5.56 Å². The fourth-order valence-corrected chi connectivity index (χ4v) is 1.26. The molecule has 0 aliphatic rings. The zero-order valence-corrected chi connectivity index (χ0v) is 8.88. The first-order valence-corrected chi connectivity index (χ1v) is 4.84. The van der Waals surface area contributed by atoms with Crippen LogP contribution >= 0.6 is 0 Å². The normalized spacial score (nSPS) is 11.8. The Morgan fingerprint density at radius 1 is 1.67 bits per heavy atom. The summed E-state index contributed by atoms with van der Waals surface area (Å²) in [7, 11) is 0. The molecule has 0 aromatic carbocycles. The molecular weight excluding hydrogens is 192 g/mol. The second-order valence-corrected chi connectivity index (χ2v) is 3.78. The van der Waals surface area contributed by atoms with Crippen molar-refractivity contribution in [1.82, 2.24) is 4.98 Å². The summed E-state index contributed by atoms with van der Waals surface area (Å²) in [5.41, 5.74) is 1.00. The van der Waals surface area contributed by atoms with Gasteiger partial charge in [-0.1, -0.05) is 19.9 Å². The number of pyridine rings is 1. The molecule has 4 nitrogen and oxygen atoms in total. The molecule has 0 saturated carbocycles. The third-order valence-electron chi connectivity index (χ3n) is 1.87. The van der Waals surface area contributed by atoms with Gasteiger partial charge in [-0.05, 0) is 17.5 Å². The molecule has 0 fully saturated rings. The van der Waals surface area contributed by atoms with Gasteiger partial charge in [0.05, 0.1) is 4.92 Å². The first kappa shape index (κ1) is 11.4. The lowest BCUT2D eigenvalue weighted by Crippen LogP contribution is -2.02. The topological polar surface area (TPSA) is 56.0 Å². The van der Waals surface area contributed by atoms with Gasteiger partial charge in [0, 0.05) is 24.9 Å². The van der Waals surface area contributed by atoms with E-state index in [4.69, 9.17) is 0 Å². The first-order valence-electron chi connectivity index (χ1n) is 4.84. The third-order valence-corrected chi connectivity index (χ3v) is 1.87. The lowest BCUT2D eigenvalue weighted by molar-refractivity contribution is -0.427. The molecule has 4 heteroatoms. The zero-order valence-electron chi connectivity index (χ0n) is 8.88. The van der Waals surface area contributed by atoms with Crippen LogP contribution in [0.2, 0.25) is 0 Å². The Labute approximate surface area is 88.8 Å². The summed E-state index contributed by atoms with van der Waals surface area (Å²) < 4.78 is 0. The molecule has 1 heterocycles. The number of hydrogen-bond donors (Lipinski definition) is 0. The smallest absolute Gasteiger partial charge is 0.247 e. The maximum Gasteiger partial charge on any atom is 0.247 e. The highest BCUT2D eigenvalue weighted by molar-refractivity contribution is 5.49. The van der Waals surface area contributed by atoms with Gasteiger partial charge in [0.1, 0.15) is 0 Å². The molecule has 0 saturated heterocycles. The van der Waals surface area contributed by atoms with E-state index < -0.39 is 0 Å². The summed E-state index contributed by atoms with van der Waals surface area (Å²) in [5, 5.41) is 10.8. The van der Waals surface area contributed by atoms with Gasteiger partial charge in [-0.25, -0.2) is 0 Å². The lowest BCUT2D eigenvalue weighted by Gasteiger charge is -2.01. The molecule has 1 rings (SSSR count). The van der Waals surface area contributed by atoms with E-state index in [1.165, 1.54) is 0 Å². The largest absolute Gasteiger partial charge is 0.264 e. The zero-order chi connectivity index (χ0) is 11.3. The summed E-state index contributed by atoms with van der Waals surface area (Å²) in [6, 6.07) is 3.57. The van der Waals surface area contributed by atoms with E-state index in [0.29, 0.717) is 6.42 Å². The van der Waals surface area contributed by atoms with E-state index in [9.17, 15) is 10.1 Å². The summed E-state index contributed by atoms with van der Waals surface area (Å²) in [6.45, 7) is 3.92. The molecule has 0 aliphatic carbocycles. The molecule has 0 spiro atoms. The molecule has 0 amide bonds. The average Bonchev–Trinajstić information content (AvgIpc) is 2.17. The van der Waals surface area contributed by atoms with Crippen molar-refractivity contribution >= 4 is 6.08 Å². The maximum atomic E-state index is 10.8. The van der Waals surface area contributed by atoms with E-state index in [-0.39, 0.29) is 16.5 Å². The Morgan fingerprint density at radius 3 is 2.87 bits per heavy atom. The molecule has 0 unspecified atom stereocenters. The van der Waals surface area contributed by atoms with Gasteiger partial charge in [-0.3, -0.25) is 15.1 Å². The molecule has 0 bridgehead atoms. The van der Waals surface area contributed by atoms with Crippen molar-refractivity contribution < 1.29 is 4.92 Å². The molecular formula is C11H14N2O2. The van der Waals surface area contributed by atoms with Crippen molar-refractivity contribution in [2.75, 3.05) is 0 Å². The lowest BCUT2D eigenvalue weighted by atomic mass is 10.1. The Kier molecular flexibility index (Phi) is 3.97. The van der Waals surface area contributed by atoms with Crippen LogP contribution in [0.15, 0.2) is 30.2 Å². The van der Waals surface area contributed by atoms with E-state index in [1.54, 1.807) is 30.6 Å². The van der Waals surface area contributed by atoms with Gasteiger partial charge in [-0.15, -0.1) is 0 Å². The molecule has 15 heavy (non-hydrogen) atoms. The molecule has 1 aromatic rings. The Balaban J connectivity index is 2.89. The van der Waals surface area contributed by atoms with Crippen LogP contribution in [-0.4, -0.2) is 9.91 Å². The van der Waals surface area contributed by atoms with Crippen LogP contribution in [0.3, 0.4) is 0 Å². The second kappa shape index (κ2) is 5.24. The summed E-state index contributed by atoms with van der Waals surface area (Å²) in [5.74, 6) is 0.276. The van der Waals surface area contributed by atoms with Crippen LogP contribution in [-0.2, 0) is 0 Å². The van der Waals surface area contributed by atoms with Crippen LogP contribution in [0, 0.1) is 16.0 Å². The minimum atomic E-state index is -0.326. The van der Waals surface area contributed by atoms with Gasteiger partial charge in [-0.2, -0.15) is 0 Å². The van der Waals surface area contributed by atoms with Crippen LogP contribution in [0.1, 0.15) is 25.8 Å². The van der Waals surface area contributed by atoms with E-state index >= 15 is 0 Å². The Hall–Kier alpha value is -1.71. The molecule has 0 atom stereocenters. The highest BCUT2D eigenvalue weighted by Crippen LogP contribution is 2.14. The predicted molar refractivity (Wildman–Crippen MR) is 58.7 cm³/mol. The van der Waals surface area contributed by atoms with Gasteiger partial charge < -0.3 is 0 Å². The molecule has 0 N–H and O–H groups in total. The fraction of sp³-hybridized carbons (Fsp3) is 0.364. The minimum Gasteiger partial charge on any atom is -0.264 e. The highest BCUT2D eigenvalue weighted by Gasteiger charge is 2.12. The fourth-order valence-electron chi connectivity index (χ4n) is 1.26. The van der Waals surface area contributed by atoms with Crippen molar-refractivity contribution in [1.29, 1.82) is 0 Å². The third kappa shape index (κ3) is 3.89. The number of hydrogen-bond acceptors (Lipinski definition) is 3. The van der Waals surface area contributed by atoms with Crippen molar-refractivity contribution in [3.63, 3.8) is 0 Å². The summed E-state index contributed by atoms with van der Waals surface area (Å²) in [4.78, 5) is 14.3. The Bertz CT molecular complexity index is 358. The number of nitrogens with zero attached hydrogens (tertiary/aromatic N) is 2. The second-order valence-electron chi connectivity index (χ2n) is 3.78. The average molecular weight is 206 g/mol. The highest BCUT2D eigenvalue weighted by atomic mass is 16.6. The first-order chi connectivity index (χ1) is 7.09. The number of aromatic nitrogens is 1. The number of allylic oxidation sites excluding steroid dienone is 1. The molecule has 1 aromatic heterocycles. The van der Waals surface area contributed by atoms with Gasteiger partial charge in [0.15, 0.2) is 0 Å². The quantitative estimate of drug-likeness (QED) is 0.562. The van der Waals surface area contributed by atoms with Crippen molar-refractivity contribution in [3.8, 4) is 0 Å². The molecule has 80 valence electrons. The van der Waals surface area contributed by atoms with E-state index in [1.807, 2.05) is 13.8 Å². The van der Waals surface area contributed by atoms with Crippen LogP contribution in [0.4, 0.5) is 0 Å². The molecule has 0 radical (unpaired) electrons. The standard InChI is InChI=1S/C11H14N2O2/c1-9(2)6-11(13(14)15)7-10-4-3-5-12-8-10/h3-5,7-9H,6H2,1-2H3. The van der Waals surface area contributed by atoms with E-state index in [2.05, 4.69) is 4.98 Å². The van der Waals surface area contributed by atoms with Crippen LogP contribution < -0.4 is 0 Å². The van der Waals surface area contributed by atoms with Crippen LogP contribution in [0.5, 0.6) is 0 Å². The van der Waals surface area contributed by atoms with Crippen molar-refractivity contribution in [2.24, 2.45) is 5.92 Å². The van der Waals surface area contributed by atoms with Crippen molar-refractivity contribution in [2.45, 2.75) is 20.3 Å². The van der Waals surface area contributed by atoms with Gasteiger partial charge in [0.2, 0.25) is 5.70 Å². The number of nitro groups is 1. The summed E-state index contributed by atoms with van der Waals surface area (Å²) >= 11 is 0. The van der Waals surface area contributed by atoms with Gasteiger partial charge >= 0.3 is 0 Å². The van der Waals surface area contributed by atoms with Crippen LogP contribution in [0.25, 0.3) is 6.08 Å². The SMILES string of the molecule is CC(C)CC(=Cc1cccnc1)[N+](=O)[O-]. The maximum absolute atomic E-state index is 10.8. The predicted octanol–water partition coefficient (Wildman–Crippen LogP) is 2.75. The van der Waals surface area contributed by atoms with Crippen molar-refractivity contribution in [3.05, 3.63) is 45.9 Å². The van der Waals surface area contributed by atoms with Gasteiger partial charge in [0.25, 0.3) is 0 Å². The number of rotatable bonds is 4. The minimum absolute atomic E-state index is 0.234. The Morgan fingerprint density at radius 2 is 2.40 bits per heavy atom.